The van der Waals surface area contributed by atoms with Crippen LogP contribution < -0.4 is 5.32 Å². The van der Waals surface area contributed by atoms with Gasteiger partial charge >= 0.3 is 0 Å². The van der Waals surface area contributed by atoms with Crippen molar-refractivity contribution in [2.45, 2.75) is 33.2 Å². The highest BCUT2D eigenvalue weighted by Gasteiger charge is 2.03. The summed E-state index contributed by atoms with van der Waals surface area (Å²) in [6.45, 7) is 6.47. The van der Waals surface area contributed by atoms with Crippen LogP contribution in [0.1, 0.15) is 29.3 Å². The van der Waals surface area contributed by atoms with Crippen molar-refractivity contribution in [3.63, 3.8) is 0 Å². The molecule has 0 atom stereocenters. The third kappa shape index (κ3) is 5.13. The Kier molecular flexibility index (Phi) is 5.55. The van der Waals surface area contributed by atoms with Crippen LogP contribution in [-0.4, -0.2) is 11.5 Å². The predicted molar refractivity (Wildman–Crippen MR) is 82.5 cm³/mol. The van der Waals surface area contributed by atoms with Crippen LogP contribution in [0.4, 0.5) is 0 Å². The van der Waals surface area contributed by atoms with E-state index in [-0.39, 0.29) is 0 Å². The fourth-order valence-corrected chi connectivity index (χ4v) is 2.82. The van der Waals surface area contributed by atoms with Crippen LogP contribution in [0.15, 0.2) is 36.5 Å². The lowest BCUT2D eigenvalue weighted by atomic mass is 10.1. The maximum atomic E-state index is 4.51. The minimum Gasteiger partial charge on any atom is -0.312 e. The molecule has 2 rings (SSSR count). The SMILES string of the molecule is CC(C)CNCc1cnc(CCc2ccccc2)s1. The van der Waals surface area contributed by atoms with Gasteiger partial charge in [-0.15, -0.1) is 11.3 Å². The van der Waals surface area contributed by atoms with Crippen LogP contribution in [0, 0.1) is 5.92 Å². The zero-order chi connectivity index (χ0) is 13.5. The van der Waals surface area contributed by atoms with Crippen molar-refractivity contribution in [3.05, 3.63) is 52.0 Å². The van der Waals surface area contributed by atoms with Crippen molar-refractivity contribution in [1.29, 1.82) is 0 Å². The van der Waals surface area contributed by atoms with Gasteiger partial charge in [0.05, 0.1) is 5.01 Å². The molecule has 3 heteroatoms. The van der Waals surface area contributed by atoms with Gasteiger partial charge in [0.1, 0.15) is 0 Å². The second-order valence-corrected chi connectivity index (χ2v) is 6.43. The van der Waals surface area contributed by atoms with Gasteiger partial charge in [0, 0.05) is 24.0 Å². The van der Waals surface area contributed by atoms with E-state index < -0.39 is 0 Å². The summed E-state index contributed by atoms with van der Waals surface area (Å²) < 4.78 is 0. The molecular weight excluding hydrogens is 252 g/mol. The first-order valence-electron chi connectivity index (χ1n) is 6.92. The normalized spacial score (nSPS) is 11.1. The summed E-state index contributed by atoms with van der Waals surface area (Å²) in [6.07, 6.45) is 4.13. The van der Waals surface area contributed by atoms with E-state index in [1.165, 1.54) is 15.4 Å². The van der Waals surface area contributed by atoms with Crippen LogP contribution in [-0.2, 0) is 19.4 Å². The summed E-state index contributed by atoms with van der Waals surface area (Å²) in [7, 11) is 0. The summed E-state index contributed by atoms with van der Waals surface area (Å²) >= 11 is 1.83. The van der Waals surface area contributed by atoms with Crippen LogP contribution in [0.2, 0.25) is 0 Å². The summed E-state index contributed by atoms with van der Waals surface area (Å²) in [5.74, 6) is 0.700. The largest absolute Gasteiger partial charge is 0.312 e. The number of aromatic nitrogens is 1. The Morgan fingerprint density at radius 2 is 1.95 bits per heavy atom. The minimum atomic E-state index is 0.700. The number of hydrogen-bond acceptors (Lipinski definition) is 3. The van der Waals surface area contributed by atoms with E-state index in [1.54, 1.807) is 0 Å². The van der Waals surface area contributed by atoms with E-state index in [2.05, 4.69) is 54.5 Å². The molecule has 0 saturated heterocycles. The van der Waals surface area contributed by atoms with Crippen molar-refractivity contribution in [1.82, 2.24) is 10.3 Å². The molecule has 1 heterocycles. The summed E-state index contributed by atoms with van der Waals surface area (Å²) in [4.78, 5) is 5.84. The second kappa shape index (κ2) is 7.41. The summed E-state index contributed by atoms with van der Waals surface area (Å²) in [5, 5.41) is 4.70. The Labute approximate surface area is 119 Å². The van der Waals surface area contributed by atoms with Gasteiger partial charge in [-0.1, -0.05) is 44.2 Å². The molecule has 1 N–H and O–H groups in total. The maximum absolute atomic E-state index is 4.51. The first-order valence-corrected chi connectivity index (χ1v) is 7.74. The standard InChI is InChI=1S/C16H22N2S/c1-13(2)10-17-11-15-12-18-16(19-15)9-8-14-6-4-3-5-7-14/h3-7,12-13,17H,8-11H2,1-2H3. The highest BCUT2D eigenvalue weighted by Crippen LogP contribution is 2.15. The lowest BCUT2D eigenvalue weighted by Gasteiger charge is -2.04. The van der Waals surface area contributed by atoms with Crippen molar-refractivity contribution in [2.24, 2.45) is 5.92 Å². The Hall–Kier alpha value is -1.19. The van der Waals surface area contributed by atoms with E-state index in [4.69, 9.17) is 0 Å². The zero-order valence-corrected chi connectivity index (χ0v) is 12.5. The summed E-state index contributed by atoms with van der Waals surface area (Å²) in [5.41, 5.74) is 1.39. The van der Waals surface area contributed by atoms with Crippen LogP contribution in [0.25, 0.3) is 0 Å². The van der Waals surface area contributed by atoms with Gasteiger partial charge in [-0.05, 0) is 24.4 Å². The highest BCUT2D eigenvalue weighted by atomic mass is 32.1. The number of benzene rings is 1. The van der Waals surface area contributed by atoms with Crippen molar-refractivity contribution < 1.29 is 0 Å². The molecule has 0 saturated carbocycles. The fraction of sp³-hybridized carbons (Fsp3) is 0.438. The third-order valence-corrected chi connectivity index (χ3v) is 3.98. The summed E-state index contributed by atoms with van der Waals surface area (Å²) in [6, 6.07) is 10.6. The monoisotopic (exact) mass is 274 g/mol. The van der Waals surface area contributed by atoms with E-state index in [0.29, 0.717) is 5.92 Å². The number of thiazole rings is 1. The fourth-order valence-electron chi connectivity index (χ4n) is 1.93. The van der Waals surface area contributed by atoms with Gasteiger partial charge in [-0.3, -0.25) is 0 Å². The molecule has 0 unspecified atom stereocenters. The van der Waals surface area contributed by atoms with Gasteiger partial charge in [0.25, 0.3) is 0 Å². The van der Waals surface area contributed by atoms with E-state index in [0.717, 1.165) is 25.9 Å². The number of nitrogens with zero attached hydrogens (tertiary/aromatic N) is 1. The van der Waals surface area contributed by atoms with E-state index in [1.807, 2.05) is 17.5 Å². The minimum absolute atomic E-state index is 0.700. The van der Waals surface area contributed by atoms with Gasteiger partial charge in [-0.25, -0.2) is 4.98 Å². The lowest BCUT2D eigenvalue weighted by molar-refractivity contribution is 0.554. The molecule has 0 bridgehead atoms. The number of hydrogen-bond donors (Lipinski definition) is 1. The molecular formula is C16H22N2S. The average Bonchev–Trinajstić information content (AvgIpc) is 2.85. The topological polar surface area (TPSA) is 24.9 Å². The molecule has 0 spiro atoms. The third-order valence-electron chi connectivity index (χ3n) is 2.92. The van der Waals surface area contributed by atoms with Crippen LogP contribution in [0.5, 0.6) is 0 Å². The Morgan fingerprint density at radius 3 is 2.68 bits per heavy atom. The quantitative estimate of drug-likeness (QED) is 0.833. The molecule has 19 heavy (non-hydrogen) atoms. The van der Waals surface area contributed by atoms with E-state index in [9.17, 15) is 0 Å². The lowest BCUT2D eigenvalue weighted by Crippen LogP contribution is -2.18. The Balaban J connectivity index is 1.77. The molecule has 1 aromatic carbocycles. The van der Waals surface area contributed by atoms with Gasteiger partial charge in [0.2, 0.25) is 0 Å². The molecule has 102 valence electrons. The molecule has 0 aliphatic rings. The van der Waals surface area contributed by atoms with E-state index >= 15 is 0 Å². The average molecular weight is 274 g/mol. The number of aryl methyl sites for hydroxylation is 2. The molecule has 2 aromatic rings. The maximum Gasteiger partial charge on any atom is 0.0931 e. The zero-order valence-electron chi connectivity index (χ0n) is 11.7. The Bertz CT molecular complexity index is 477. The molecule has 0 fully saturated rings. The predicted octanol–water partition coefficient (Wildman–Crippen LogP) is 3.67. The smallest absolute Gasteiger partial charge is 0.0931 e. The number of rotatable bonds is 7. The molecule has 0 aliphatic carbocycles. The highest BCUT2D eigenvalue weighted by molar-refractivity contribution is 7.11. The molecule has 1 aromatic heterocycles. The Morgan fingerprint density at radius 1 is 1.16 bits per heavy atom. The van der Waals surface area contributed by atoms with Crippen molar-refractivity contribution >= 4 is 11.3 Å². The van der Waals surface area contributed by atoms with Crippen molar-refractivity contribution in [2.75, 3.05) is 6.54 Å². The van der Waals surface area contributed by atoms with Gasteiger partial charge < -0.3 is 5.32 Å². The van der Waals surface area contributed by atoms with Crippen LogP contribution in [0.3, 0.4) is 0 Å². The van der Waals surface area contributed by atoms with Crippen molar-refractivity contribution in [3.8, 4) is 0 Å². The number of nitrogens with one attached hydrogen (secondary N) is 1. The first-order chi connectivity index (χ1) is 9.24. The molecule has 0 aliphatic heterocycles. The molecule has 0 amide bonds. The molecule has 0 radical (unpaired) electrons. The molecule has 2 nitrogen and oxygen atoms in total. The van der Waals surface area contributed by atoms with Crippen LogP contribution >= 0.6 is 11.3 Å². The van der Waals surface area contributed by atoms with Gasteiger partial charge in [-0.2, -0.15) is 0 Å². The first kappa shape index (κ1) is 14.2. The van der Waals surface area contributed by atoms with Gasteiger partial charge in [0.15, 0.2) is 0 Å². The second-order valence-electron chi connectivity index (χ2n) is 5.23.